The van der Waals surface area contributed by atoms with Gasteiger partial charge in [-0.15, -0.1) is 0 Å². The summed E-state index contributed by atoms with van der Waals surface area (Å²) in [6.45, 7) is 6.55. The number of carbonyl (C=O) groups excluding carboxylic acids is 1. The maximum atomic E-state index is 14.3. The van der Waals surface area contributed by atoms with E-state index in [1.807, 2.05) is 4.57 Å². The van der Waals surface area contributed by atoms with Crippen molar-refractivity contribution in [2.75, 3.05) is 32.8 Å². The van der Waals surface area contributed by atoms with Crippen molar-refractivity contribution in [3.63, 3.8) is 0 Å². The molecule has 7 heteroatoms. The number of halogens is 3. The molecule has 0 amide bonds. The maximum absolute atomic E-state index is 14.3. The van der Waals surface area contributed by atoms with Crippen LogP contribution in [0.15, 0.2) is 36.4 Å². The van der Waals surface area contributed by atoms with Crippen molar-refractivity contribution in [3.05, 3.63) is 70.7 Å². The zero-order chi connectivity index (χ0) is 21.3. The summed E-state index contributed by atoms with van der Waals surface area (Å²) in [6, 6.07) is 7.17. The van der Waals surface area contributed by atoms with Crippen molar-refractivity contribution in [2.24, 2.45) is 0 Å². The van der Waals surface area contributed by atoms with Gasteiger partial charge in [0.25, 0.3) is 0 Å². The van der Waals surface area contributed by atoms with E-state index in [9.17, 15) is 18.0 Å². The molecule has 1 aromatic heterocycles. The Hall–Kier alpha value is -2.64. The lowest BCUT2D eigenvalue weighted by Gasteiger charge is -2.26. The molecule has 0 saturated carbocycles. The molecule has 4 rings (SSSR count). The van der Waals surface area contributed by atoms with Crippen LogP contribution in [-0.4, -0.2) is 48.1 Å². The molecule has 0 bridgehead atoms. The fourth-order valence-corrected chi connectivity index (χ4v) is 4.11. The van der Waals surface area contributed by atoms with E-state index >= 15 is 0 Å². The van der Waals surface area contributed by atoms with Gasteiger partial charge in [-0.3, -0.25) is 9.69 Å². The van der Waals surface area contributed by atoms with E-state index in [0.29, 0.717) is 23.7 Å². The average Bonchev–Trinajstić information content (AvgIpc) is 2.99. The molecule has 158 valence electrons. The number of fused-ring (bicyclic) bond motifs is 1. The van der Waals surface area contributed by atoms with E-state index in [1.165, 1.54) is 12.1 Å². The summed E-state index contributed by atoms with van der Waals surface area (Å²) in [5.41, 5.74) is 1.39. The van der Waals surface area contributed by atoms with E-state index in [-0.39, 0.29) is 11.1 Å². The molecule has 0 aliphatic carbocycles. The highest BCUT2D eigenvalue weighted by atomic mass is 19.1. The third kappa shape index (κ3) is 4.00. The van der Waals surface area contributed by atoms with Crippen molar-refractivity contribution < 1.29 is 22.7 Å². The summed E-state index contributed by atoms with van der Waals surface area (Å²) in [5.74, 6) is -2.73. The summed E-state index contributed by atoms with van der Waals surface area (Å²) in [4.78, 5) is 15.5. The minimum absolute atomic E-state index is 0.226. The van der Waals surface area contributed by atoms with Crippen LogP contribution >= 0.6 is 0 Å². The van der Waals surface area contributed by atoms with Crippen LogP contribution in [0.4, 0.5) is 13.2 Å². The van der Waals surface area contributed by atoms with Gasteiger partial charge in [0.2, 0.25) is 0 Å². The first kappa shape index (κ1) is 20.6. The number of hydrogen-bond donors (Lipinski definition) is 0. The zero-order valence-corrected chi connectivity index (χ0v) is 16.8. The molecular formula is C23H23F3N2O2. The van der Waals surface area contributed by atoms with Gasteiger partial charge in [-0.1, -0.05) is 0 Å². The van der Waals surface area contributed by atoms with Crippen molar-refractivity contribution in [2.45, 2.75) is 19.9 Å². The molecule has 3 aromatic rings. The first-order valence-corrected chi connectivity index (χ1v) is 10.0. The predicted octanol–water partition coefficient (Wildman–Crippen LogP) is 4.32. The van der Waals surface area contributed by atoms with Crippen LogP contribution in [0.25, 0.3) is 10.9 Å². The maximum Gasteiger partial charge on any atom is 0.198 e. The van der Waals surface area contributed by atoms with E-state index in [4.69, 9.17) is 4.74 Å². The quantitative estimate of drug-likeness (QED) is 0.562. The van der Waals surface area contributed by atoms with Crippen LogP contribution in [0.3, 0.4) is 0 Å². The number of carbonyl (C=O) groups is 1. The number of ether oxygens (including phenoxy) is 1. The van der Waals surface area contributed by atoms with E-state index in [1.54, 1.807) is 13.0 Å². The summed E-state index contributed by atoms with van der Waals surface area (Å²) in [7, 11) is 0. The molecule has 1 saturated heterocycles. The third-order valence-electron chi connectivity index (χ3n) is 5.65. The average molecular weight is 416 g/mol. The number of benzene rings is 2. The Morgan fingerprint density at radius 2 is 1.70 bits per heavy atom. The number of aryl methyl sites for hydroxylation is 1. The summed E-state index contributed by atoms with van der Waals surface area (Å²) < 4.78 is 48.9. The second-order valence-corrected chi connectivity index (χ2v) is 7.53. The second-order valence-electron chi connectivity index (χ2n) is 7.53. The SMILES string of the molecule is Cc1c(C(=O)c2ccc(F)cc2F)c2cc(F)ccc2n1CCCN1CCOCC1. The first-order chi connectivity index (χ1) is 14.5. The minimum Gasteiger partial charge on any atom is -0.379 e. The molecule has 1 aliphatic heterocycles. The van der Waals surface area contributed by atoms with E-state index in [0.717, 1.165) is 56.9 Å². The Balaban J connectivity index is 1.68. The fraction of sp³-hybridized carbons (Fsp3) is 0.348. The highest BCUT2D eigenvalue weighted by Crippen LogP contribution is 2.30. The number of ketones is 1. The molecule has 30 heavy (non-hydrogen) atoms. The highest BCUT2D eigenvalue weighted by Gasteiger charge is 2.24. The molecule has 0 radical (unpaired) electrons. The lowest BCUT2D eigenvalue weighted by molar-refractivity contribution is 0.0369. The summed E-state index contributed by atoms with van der Waals surface area (Å²) in [6.07, 6.45) is 0.848. The number of aromatic nitrogens is 1. The molecule has 1 aliphatic rings. The molecule has 2 aromatic carbocycles. The Bertz CT molecular complexity index is 1090. The van der Waals surface area contributed by atoms with Crippen molar-refractivity contribution in [3.8, 4) is 0 Å². The minimum atomic E-state index is -0.927. The van der Waals surface area contributed by atoms with Crippen LogP contribution in [0.2, 0.25) is 0 Å². The molecule has 0 atom stereocenters. The lowest BCUT2D eigenvalue weighted by Crippen LogP contribution is -2.37. The van der Waals surface area contributed by atoms with Crippen LogP contribution < -0.4 is 0 Å². The Labute approximate surface area is 172 Å². The standard InChI is InChI=1S/C23H23F3N2O2/c1-15-22(23(29)18-5-3-17(25)14-20(18)26)19-13-16(24)4-6-21(19)28(15)8-2-7-27-9-11-30-12-10-27/h3-6,13-14H,2,7-12H2,1H3. The third-order valence-corrected chi connectivity index (χ3v) is 5.65. The van der Waals surface area contributed by atoms with Gasteiger partial charge in [0, 0.05) is 48.8 Å². The summed E-state index contributed by atoms with van der Waals surface area (Å²) in [5, 5.41) is 0.438. The Morgan fingerprint density at radius 1 is 1.00 bits per heavy atom. The van der Waals surface area contributed by atoms with Crippen LogP contribution in [-0.2, 0) is 11.3 Å². The van der Waals surface area contributed by atoms with E-state index in [2.05, 4.69) is 4.90 Å². The number of morpholine rings is 1. The molecule has 0 N–H and O–H groups in total. The molecule has 2 heterocycles. The van der Waals surface area contributed by atoms with Crippen LogP contribution in [0.5, 0.6) is 0 Å². The second kappa shape index (κ2) is 8.62. The number of nitrogens with zero attached hydrogens (tertiary/aromatic N) is 2. The van der Waals surface area contributed by atoms with Gasteiger partial charge in [0.15, 0.2) is 5.78 Å². The Morgan fingerprint density at radius 3 is 2.43 bits per heavy atom. The normalized spacial score (nSPS) is 15.1. The molecule has 1 fully saturated rings. The van der Waals surface area contributed by atoms with Gasteiger partial charge < -0.3 is 9.30 Å². The van der Waals surface area contributed by atoms with Gasteiger partial charge in [-0.05, 0) is 43.7 Å². The lowest BCUT2D eigenvalue weighted by atomic mass is 10.00. The van der Waals surface area contributed by atoms with Gasteiger partial charge >= 0.3 is 0 Å². The van der Waals surface area contributed by atoms with Crippen LogP contribution in [0, 0.1) is 24.4 Å². The van der Waals surface area contributed by atoms with Gasteiger partial charge in [0.1, 0.15) is 17.5 Å². The Kier molecular flexibility index (Phi) is 5.92. The molecule has 0 spiro atoms. The van der Waals surface area contributed by atoms with Crippen molar-refractivity contribution >= 4 is 16.7 Å². The zero-order valence-electron chi connectivity index (χ0n) is 16.8. The topological polar surface area (TPSA) is 34.5 Å². The summed E-state index contributed by atoms with van der Waals surface area (Å²) >= 11 is 0. The van der Waals surface area contributed by atoms with Crippen molar-refractivity contribution in [1.29, 1.82) is 0 Å². The highest BCUT2D eigenvalue weighted by molar-refractivity contribution is 6.17. The molecule has 0 unspecified atom stereocenters. The first-order valence-electron chi connectivity index (χ1n) is 10.0. The number of hydrogen-bond acceptors (Lipinski definition) is 3. The van der Waals surface area contributed by atoms with Crippen molar-refractivity contribution in [1.82, 2.24) is 9.47 Å². The largest absolute Gasteiger partial charge is 0.379 e. The fourth-order valence-electron chi connectivity index (χ4n) is 4.11. The predicted molar refractivity (Wildman–Crippen MR) is 108 cm³/mol. The monoisotopic (exact) mass is 416 g/mol. The number of rotatable bonds is 6. The van der Waals surface area contributed by atoms with Gasteiger partial charge in [-0.2, -0.15) is 0 Å². The molecular weight excluding hydrogens is 393 g/mol. The van der Waals surface area contributed by atoms with Gasteiger partial charge in [0.05, 0.1) is 24.3 Å². The van der Waals surface area contributed by atoms with Crippen LogP contribution in [0.1, 0.15) is 28.0 Å². The van der Waals surface area contributed by atoms with E-state index < -0.39 is 23.2 Å². The smallest absolute Gasteiger partial charge is 0.198 e. The molecule has 4 nitrogen and oxygen atoms in total. The van der Waals surface area contributed by atoms with Gasteiger partial charge in [-0.25, -0.2) is 13.2 Å².